The number of hydrogen-bond donors (Lipinski definition) is 1. The largest absolute Gasteiger partial charge is 0.379 e. The molecule has 66 valence electrons. The van der Waals surface area contributed by atoms with Crippen LogP contribution in [0.3, 0.4) is 0 Å². The summed E-state index contributed by atoms with van der Waals surface area (Å²) >= 11 is 0. The van der Waals surface area contributed by atoms with Crippen LogP contribution in [-0.2, 0) is 0 Å². The van der Waals surface area contributed by atoms with Gasteiger partial charge in [0.15, 0.2) is 0 Å². The third-order valence-corrected chi connectivity index (χ3v) is 2.11. The first-order chi connectivity index (χ1) is 6.45. The monoisotopic (exact) mass is 171 g/mol. The maximum absolute atomic E-state index is 3.44. The van der Waals surface area contributed by atoms with E-state index in [0.717, 1.165) is 6.42 Å². The van der Waals surface area contributed by atoms with Crippen LogP contribution < -0.4 is 5.32 Å². The molecule has 0 spiro atoms. The second kappa shape index (κ2) is 3.94. The van der Waals surface area contributed by atoms with Crippen LogP contribution >= 0.6 is 0 Å². The van der Waals surface area contributed by atoms with Crippen LogP contribution in [0.4, 0.5) is 5.69 Å². The lowest BCUT2D eigenvalue weighted by molar-refractivity contribution is 0.883. The number of anilines is 1. The molecule has 1 aliphatic rings. The summed E-state index contributed by atoms with van der Waals surface area (Å²) in [6.45, 7) is 0. The molecule has 1 aliphatic carbocycles. The van der Waals surface area contributed by atoms with Crippen molar-refractivity contribution in [3.05, 3.63) is 54.6 Å². The Bertz CT molecular complexity index is 311. The molecule has 1 aromatic rings. The van der Waals surface area contributed by atoms with Gasteiger partial charge in [0.2, 0.25) is 0 Å². The fourth-order valence-corrected chi connectivity index (χ4v) is 1.44. The molecule has 0 amide bonds. The van der Waals surface area contributed by atoms with E-state index in [1.807, 2.05) is 18.2 Å². The van der Waals surface area contributed by atoms with Crippen LogP contribution in [0.5, 0.6) is 0 Å². The first-order valence-electron chi connectivity index (χ1n) is 4.60. The SMILES string of the molecule is C1=CC[C@@H](Nc2ccccc2)C=C1. The maximum atomic E-state index is 3.44. The van der Waals surface area contributed by atoms with E-state index < -0.39 is 0 Å². The molecule has 0 saturated heterocycles. The Labute approximate surface area is 78.8 Å². The van der Waals surface area contributed by atoms with E-state index in [1.165, 1.54) is 5.69 Å². The number of benzene rings is 1. The van der Waals surface area contributed by atoms with Crippen molar-refractivity contribution in [2.45, 2.75) is 12.5 Å². The first-order valence-corrected chi connectivity index (χ1v) is 4.60. The molecule has 0 bridgehead atoms. The minimum atomic E-state index is 0.451. The van der Waals surface area contributed by atoms with E-state index in [1.54, 1.807) is 0 Å². The molecule has 1 N–H and O–H groups in total. The van der Waals surface area contributed by atoms with E-state index in [-0.39, 0.29) is 0 Å². The van der Waals surface area contributed by atoms with E-state index in [4.69, 9.17) is 0 Å². The zero-order valence-electron chi connectivity index (χ0n) is 7.48. The fraction of sp³-hybridized carbons (Fsp3) is 0.167. The number of nitrogens with one attached hydrogen (secondary N) is 1. The Kier molecular flexibility index (Phi) is 2.46. The molecule has 0 unspecified atom stereocenters. The van der Waals surface area contributed by atoms with E-state index >= 15 is 0 Å². The van der Waals surface area contributed by atoms with Crippen molar-refractivity contribution in [1.29, 1.82) is 0 Å². The Morgan fingerprint density at radius 2 is 1.92 bits per heavy atom. The second-order valence-corrected chi connectivity index (χ2v) is 3.17. The minimum absolute atomic E-state index is 0.451. The molecule has 0 aromatic heterocycles. The number of para-hydroxylation sites is 1. The first kappa shape index (κ1) is 8.11. The zero-order valence-corrected chi connectivity index (χ0v) is 7.48. The summed E-state index contributed by atoms with van der Waals surface area (Å²) in [5, 5.41) is 3.44. The number of hydrogen-bond acceptors (Lipinski definition) is 1. The van der Waals surface area contributed by atoms with Crippen molar-refractivity contribution in [3.8, 4) is 0 Å². The number of rotatable bonds is 2. The third kappa shape index (κ3) is 2.22. The summed E-state index contributed by atoms with van der Waals surface area (Å²) in [5.74, 6) is 0. The van der Waals surface area contributed by atoms with Gasteiger partial charge in [-0.2, -0.15) is 0 Å². The third-order valence-electron chi connectivity index (χ3n) is 2.11. The fourth-order valence-electron chi connectivity index (χ4n) is 1.44. The molecule has 0 fully saturated rings. The summed E-state index contributed by atoms with van der Waals surface area (Å²) in [6.07, 6.45) is 9.62. The van der Waals surface area contributed by atoms with Gasteiger partial charge < -0.3 is 5.32 Å². The summed E-state index contributed by atoms with van der Waals surface area (Å²) < 4.78 is 0. The summed E-state index contributed by atoms with van der Waals surface area (Å²) in [6, 6.07) is 10.8. The topological polar surface area (TPSA) is 12.0 Å². The summed E-state index contributed by atoms with van der Waals surface area (Å²) in [4.78, 5) is 0. The van der Waals surface area contributed by atoms with Gasteiger partial charge in [-0.05, 0) is 18.6 Å². The van der Waals surface area contributed by atoms with Gasteiger partial charge in [0, 0.05) is 11.7 Å². The molecule has 1 atom stereocenters. The van der Waals surface area contributed by atoms with Gasteiger partial charge in [-0.15, -0.1) is 0 Å². The van der Waals surface area contributed by atoms with Crippen molar-refractivity contribution >= 4 is 5.69 Å². The molecule has 2 rings (SSSR count). The van der Waals surface area contributed by atoms with Crippen LogP contribution in [0.2, 0.25) is 0 Å². The molecule has 13 heavy (non-hydrogen) atoms. The Balaban J connectivity index is 1.99. The molecule has 0 radical (unpaired) electrons. The highest BCUT2D eigenvalue weighted by Crippen LogP contribution is 2.12. The Morgan fingerprint density at radius 3 is 2.62 bits per heavy atom. The molecule has 0 heterocycles. The minimum Gasteiger partial charge on any atom is -0.379 e. The van der Waals surface area contributed by atoms with Crippen LogP contribution in [-0.4, -0.2) is 6.04 Å². The molecule has 1 nitrogen and oxygen atoms in total. The van der Waals surface area contributed by atoms with Crippen molar-refractivity contribution in [2.24, 2.45) is 0 Å². The van der Waals surface area contributed by atoms with Crippen LogP contribution in [0.15, 0.2) is 54.6 Å². The quantitative estimate of drug-likeness (QED) is 0.721. The van der Waals surface area contributed by atoms with Gasteiger partial charge in [-0.1, -0.05) is 42.5 Å². The maximum Gasteiger partial charge on any atom is 0.0482 e. The Hall–Kier alpha value is -1.50. The molecular weight excluding hydrogens is 158 g/mol. The van der Waals surface area contributed by atoms with Crippen molar-refractivity contribution in [1.82, 2.24) is 0 Å². The zero-order chi connectivity index (χ0) is 8.93. The molecule has 0 saturated carbocycles. The van der Waals surface area contributed by atoms with Gasteiger partial charge in [-0.3, -0.25) is 0 Å². The van der Waals surface area contributed by atoms with Gasteiger partial charge in [0.05, 0.1) is 0 Å². The highest BCUT2D eigenvalue weighted by molar-refractivity contribution is 5.45. The molecule has 0 aliphatic heterocycles. The summed E-state index contributed by atoms with van der Waals surface area (Å²) in [7, 11) is 0. The van der Waals surface area contributed by atoms with E-state index in [0.29, 0.717) is 6.04 Å². The standard InChI is InChI=1S/C12H13N/c1-3-7-11(8-4-1)13-12-9-5-2-6-10-12/h1-9,12-13H,10H2/t12-/m0/s1. The molecule has 1 aromatic carbocycles. The molecular formula is C12H13N. The van der Waals surface area contributed by atoms with Gasteiger partial charge >= 0.3 is 0 Å². The van der Waals surface area contributed by atoms with Crippen molar-refractivity contribution < 1.29 is 0 Å². The smallest absolute Gasteiger partial charge is 0.0482 e. The lowest BCUT2D eigenvalue weighted by atomic mass is 10.1. The average molecular weight is 171 g/mol. The normalized spacial score (nSPS) is 20.2. The molecule has 1 heteroatoms. The second-order valence-electron chi connectivity index (χ2n) is 3.17. The van der Waals surface area contributed by atoms with Crippen LogP contribution in [0.1, 0.15) is 6.42 Å². The Morgan fingerprint density at radius 1 is 1.08 bits per heavy atom. The van der Waals surface area contributed by atoms with Crippen molar-refractivity contribution in [3.63, 3.8) is 0 Å². The van der Waals surface area contributed by atoms with E-state index in [2.05, 4.69) is 41.8 Å². The number of allylic oxidation sites excluding steroid dienone is 2. The van der Waals surface area contributed by atoms with Crippen molar-refractivity contribution in [2.75, 3.05) is 5.32 Å². The highest BCUT2D eigenvalue weighted by atomic mass is 14.9. The van der Waals surface area contributed by atoms with Gasteiger partial charge in [-0.25, -0.2) is 0 Å². The van der Waals surface area contributed by atoms with Crippen LogP contribution in [0.25, 0.3) is 0 Å². The predicted molar refractivity (Wildman–Crippen MR) is 56.7 cm³/mol. The van der Waals surface area contributed by atoms with E-state index in [9.17, 15) is 0 Å². The lowest BCUT2D eigenvalue weighted by Gasteiger charge is -2.16. The average Bonchev–Trinajstić information content (AvgIpc) is 2.21. The van der Waals surface area contributed by atoms with Gasteiger partial charge in [0.25, 0.3) is 0 Å². The highest BCUT2D eigenvalue weighted by Gasteiger charge is 2.03. The van der Waals surface area contributed by atoms with Crippen LogP contribution in [0, 0.1) is 0 Å². The predicted octanol–water partition coefficient (Wildman–Crippen LogP) is 2.98. The summed E-state index contributed by atoms with van der Waals surface area (Å²) in [5.41, 5.74) is 1.19. The van der Waals surface area contributed by atoms with Gasteiger partial charge in [0.1, 0.15) is 0 Å². The lowest BCUT2D eigenvalue weighted by Crippen LogP contribution is -2.16.